The molecule has 2 rings (SSSR count). The van der Waals surface area contributed by atoms with Crippen LogP contribution in [0.2, 0.25) is 0 Å². The lowest BCUT2D eigenvalue weighted by molar-refractivity contribution is -0.205. The van der Waals surface area contributed by atoms with E-state index >= 15 is 0 Å². The van der Waals surface area contributed by atoms with E-state index in [1.165, 1.54) is 12.1 Å². The Morgan fingerprint density at radius 3 is 2.22 bits per heavy atom. The van der Waals surface area contributed by atoms with Gasteiger partial charge in [0.25, 0.3) is 0 Å². The number of carbonyl (C=O) groups is 1. The molecule has 2 N–H and O–H groups in total. The molecule has 0 aliphatic carbocycles. The van der Waals surface area contributed by atoms with Gasteiger partial charge in [0.1, 0.15) is 12.4 Å². The van der Waals surface area contributed by atoms with Gasteiger partial charge < -0.3 is 9.47 Å². The van der Waals surface area contributed by atoms with Crippen LogP contribution in [0.4, 0.5) is 13.2 Å². The Hall–Kier alpha value is -2.54. The van der Waals surface area contributed by atoms with Gasteiger partial charge in [0.15, 0.2) is 6.23 Å². The molecule has 0 fully saturated rings. The molecule has 0 amide bonds. The predicted octanol–water partition coefficient (Wildman–Crippen LogP) is 3.33. The third kappa shape index (κ3) is 5.00. The molecule has 2 aromatic rings. The van der Waals surface area contributed by atoms with Crippen LogP contribution in [0.5, 0.6) is 5.75 Å². The molecular formula is C16H14F3NO3. The van der Waals surface area contributed by atoms with Crippen molar-refractivity contribution in [2.24, 2.45) is 5.73 Å². The maximum absolute atomic E-state index is 12.1. The van der Waals surface area contributed by atoms with Crippen molar-refractivity contribution >= 4 is 5.97 Å². The topological polar surface area (TPSA) is 61.5 Å². The SMILES string of the molecule is NC(OC(=O)C(F)(F)F)c1ccc(COc2ccccc2)cc1. The smallest absolute Gasteiger partial charge is 0.489 e. The summed E-state index contributed by atoms with van der Waals surface area (Å²) in [4.78, 5) is 10.7. The molecule has 122 valence electrons. The fourth-order valence-corrected chi connectivity index (χ4v) is 1.74. The standard InChI is InChI=1S/C16H14F3NO3/c17-16(18,19)15(21)23-14(20)12-8-6-11(7-9-12)10-22-13-4-2-1-3-5-13/h1-9,14H,10,20H2. The minimum absolute atomic E-state index is 0.256. The number of rotatable bonds is 5. The highest BCUT2D eigenvalue weighted by atomic mass is 19.4. The fourth-order valence-electron chi connectivity index (χ4n) is 1.74. The lowest BCUT2D eigenvalue weighted by atomic mass is 10.1. The van der Waals surface area contributed by atoms with E-state index in [9.17, 15) is 18.0 Å². The summed E-state index contributed by atoms with van der Waals surface area (Å²) < 4.78 is 46.0. The second-order valence-electron chi connectivity index (χ2n) is 4.67. The predicted molar refractivity (Wildman–Crippen MR) is 76.3 cm³/mol. The maximum atomic E-state index is 12.1. The van der Waals surface area contributed by atoms with E-state index in [0.717, 1.165) is 5.56 Å². The third-order valence-corrected chi connectivity index (χ3v) is 2.92. The molecule has 1 unspecified atom stereocenters. The number of ether oxygens (including phenoxy) is 2. The number of nitrogens with two attached hydrogens (primary N) is 1. The first kappa shape index (κ1) is 16.8. The van der Waals surface area contributed by atoms with Gasteiger partial charge in [-0.05, 0) is 17.7 Å². The van der Waals surface area contributed by atoms with Crippen LogP contribution in [-0.2, 0) is 16.1 Å². The molecule has 0 saturated heterocycles. The molecule has 0 heterocycles. The van der Waals surface area contributed by atoms with Crippen molar-refractivity contribution in [3.8, 4) is 5.75 Å². The largest absolute Gasteiger partial charge is 0.490 e. The van der Waals surface area contributed by atoms with Gasteiger partial charge in [-0.3, -0.25) is 5.73 Å². The zero-order chi connectivity index (χ0) is 16.9. The number of esters is 1. The molecule has 0 aliphatic rings. The van der Waals surface area contributed by atoms with Crippen LogP contribution in [0.15, 0.2) is 54.6 Å². The van der Waals surface area contributed by atoms with Crippen molar-refractivity contribution in [2.75, 3.05) is 0 Å². The molecule has 1 atom stereocenters. The van der Waals surface area contributed by atoms with Gasteiger partial charge in [-0.15, -0.1) is 0 Å². The maximum Gasteiger partial charge on any atom is 0.490 e. The number of hydrogen-bond donors (Lipinski definition) is 1. The van der Waals surface area contributed by atoms with E-state index in [0.29, 0.717) is 12.4 Å². The monoisotopic (exact) mass is 325 g/mol. The molecule has 0 spiro atoms. The summed E-state index contributed by atoms with van der Waals surface area (Å²) in [6.45, 7) is 0.294. The first-order valence-corrected chi connectivity index (χ1v) is 6.66. The highest BCUT2D eigenvalue weighted by Crippen LogP contribution is 2.21. The van der Waals surface area contributed by atoms with E-state index in [-0.39, 0.29) is 5.56 Å². The fraction of sp³-hybridized carbons (Fsp3) is 0.188. The van der Waals surface area contributed by atoms with Crippen molar-refractivity contribution in [2.45, 2.75) is 19.0 Å². The average molecular weight is 325 g/mol. The number of para-hydroxylation sites is 1. The van der Waals surface area contributed by atoms with Gasteiger partial charge in [-0.25, -0.2) is 4.79 Å². The summed E-state index contributed by atoms with van der Waals surface area (Å²) in [5, 5.41) is 0. The molecule has 0 radical (unpaired) electrons. The molecule has 7 heteroatoms. The Morgan fingerprint density at radius 1 is 1.04 bits per heavy atom. The average Bonchev–Trinajstić information content (AvgIpc) is 2.53. The van der Waals surface area contributed by atoms with Crippen LogP contribution < -0.4 is 10.5 Å². The first-order valence-electron chi connectivity index (χ1n) is 6.66. The molecule has 0 aliphatic heterocycles. The molecule has 23 heavy (non-hydrogen) atoms. The Morgan fingerprint density at radius 2 is 1.65 bits per heavy atom. The van der Waals surface area contributed by atoms with Gasteiger partial charge in [-0.2, -0.15) is 13.2 Å². The summed E-state index contributed by atoms with van der Waals surface area (Å²) in [7, 11) is 0. The van der Waals surface area contributed by atoms with Gasteiger partial charge in [0, 0.05) is 5.56 Å². The highest BCUT2D eigenvalue weighted by molar-refractivity contribution is 5.75. The Balaban J connectivity index is 1.92. The van der Waals surface area contributed by atoms with E-state index in [1.807, 2.05) is 18.2 Å². The van der Waals surface area contributed by atoms with Gasteiger partial charge in [-0.1, -0.05) is 42.5 Å². The van der Waals surface area contributed by atoms with Crippen LogP contribution in [-0.4, -0.2) is 12.1 Å². The third-order valence-electron chi connectivity index (χ3n) is 2.92. The second-order valence-corrected chi connectivity index (χ2v) is 4.67. The van der Waals surface area contributed by atoms with E-state index in [1.54, 1.807) is 24.3 Å². The number of hydrogen-bond acceptors (Lipinski definition) is 4. The van der Waals surface area contributed by atoms with Crippen molar-refractivity contribution in [1.82, 2.24) is 0 Å². The summed E-state index contributed by atoms with van der Waals surface area (Å²) in [6.07, 6.45) is -6.55. The molecule has 0 saturated carbocycles. The van der Waals surface area contributed by atoms with Gasteiger partial charge >= 0.3 is 12.1 Å². The van der Waals surface area contributed by atoms with E-state index < -0.39 is 18.4 Å². The Bertz CT molecular complexity index is 642. The van der Waals surface area contributed by atoms with Crippen molar-refractivity contribution in [3.63, 3.8) is 0 Å². The molecule has 2 aromatic carbocycles. The van der Waals surface area contributed by atoms with Crippen LogP contribution >= 0.6 is 0 Å². The number of alkyl halides is 3. The van der Waals surface area contributed by atoms with Crippen molar-refractivity contribution in [1.29, 1.82) is 0 Å². The first-order chi connectivity index (χ1) is 10.9. The highest BCUT2D eigenvalue weighted by Gasteiger charge is 2.42. The van der Waals surface area contributed by atoms with Crippen LogP contribution in [0.1, 0.15) is 17.4 Å². The number of carbonyl (C=O) groups excluding carboxylic acids is 1. The van der Waals surface area contributed by atoms with E-state index in [2.05, 4.69) is 4.74 Å². The molecular weight excluding hydrogens is 311 g/mol. The van der Waals surface area contributed by atoms with E-state index in [4.69, 9.17) is 10.5 Å². The lowest BCUT2D eigenvalue weighted by Crippen LogP contribution is -2.30. The van der Waals surface area contributed by atoms with Crippen LogP contribution in [0.25, 0.3) is 0 Å². The van der Waals surface area contributed by atoms with Crippen LogP contribution in [0.3, 0.4) is 0 Å². The summed E-state index contributed by atoms with van der Waals surface area (Å²) in [5.41, 5.74) is 6.49. The van der Waals surface area contributed by atoms with Crippen molar-refractivity contribution in [3.05, 3.63) is 65.7 Å². The zero-order valence-corrected chi connectivity index (χ0v) is 11.9. The summed E-state index contributed by atoms with van der Waals surface area (Å²) >= 11 is 0. The minimum Gasteiger partial charge on any atom is -0.489 e. The van der Waals surface area contributed by atoms with Crippen LogP contribution in [0, 0.1) is 0 Å². The molecule has 4 nitrogen and oxygen atoms in total. The number of benzene rings is 2. The quantitative estimate of drug-likeness (QED) is 0.676. The second kappa shape index (κ2) is 7.15. The van der Waals surface area contributed by atoms with Gasteiger partial charge in [0.05, 0.1) is 0 Å². The minimum atomic E-state index is -5.07. The zero-order valence-electron chi connectivity index (χ0n) is 11.9. The Labute approximate surface area is 130 Å². The summed E-state index contributed by atoms with van der Waals surface area (Å²) in [5.74, 6) is -1.62. The molecule has 0 aromatic heterocycles. The molecule has 0 bridgehead atoms. The summed E-state index contributed by atoms with van der Waals surface area (Å²) in [6, 6.07) is 15.4. The van der Waals surface area contributed by atoms with Crippen molar-refractivity contribution < 1.29 is 27.4 Å². The number of halogens is 3. The lowest BCUT2D eigenvalue weighted by Gasteiger charge is -2.15. The normalized spacial score (nSPS) is 12.5. The van der Waals surface area contributed by atoms with Gasteiger partial charge in [0.2, 0.25) is 0 Å². The Kier molecular flexibility index (Phi) is 5.23.